The average molecular weight is 433 g/mol. The predicted molar refractivity (Wildman–Crippen MR) is 115 cm³/mol. The molecule has 29 heavy (non-hydrogen) atoms. The highest BCUT2D eigenvalue weighted by atomic mass is 32.2. The van der Waals surface area contributed by atoms with Crippen molar-refractivity contribution in [3.63, 3.8) is 0 Å². The third kappa shape index (κ3) is 4.76. The van der Waals surface area contributed by atoms with Crippen LogP contribution in [0.3, 0.4) is 0 Å². The van der Waals surface area contributed by atoms with Gasteiger partial charge in [0.2, 0.25) is 5.91 Å². The van der Waals surface area contributed by atoms with Crippen LogP contribution in [0, 0.1) is 0 Å². The number of aromatic nitrogens is 1. The Kier molecular flexibility index (Phi) is 6.24. The van der Waals surface area contributed by atoms with E-state index in [0.29, 0.717) is 16.5 Å². The van der Waals surface area contributed by atoms with E-state index in [1.807, 2.05) is 17.7 Å². The number of amides is 1. The standard InChI is InChI=1S/C21H24N2O4S2/c1-14(2)15-5-10-18-19(13-15)28-21(23(18)3)22-20(24)11-12-29(25,26)17-8-6-16(27-4)7-9-17/h5-10,13-14H,11-12H2,1-4H3. The molecular formula is C21H24N2O4S2. The first-order valence-electron chi connectivity index (χ1n) is 9.25. The summed E-state index contributed by atoms with van der Waals surface area (Å²) in [6.07, 6.45) is -0.167. The number of hydrogen-bond donors (Lipinski definition) is 0. The number of aryl methyl sites for hydroxylation is 1. The van der Waals surface area contributed by atoms with E-state index in [4.69, 9.17) is 4.74 Å². The number of thiazole rings is 1. The molecule has 0 spiro atoms. The number of benzene rings is 2. The van der Waals surface area contributed by atoms with Gasteiger partial charge in [-0.15, -0.1) is 0 Å². The number of nitrogens with zero attached hydrogens (tertiary/aromatic N) is 2. The maximum Gasteiger partial charge on any atom is 0.249 e. The quantitative estimate of drug-likeness (QED) is 0.596. The molecule has 8 heteroatoms. The molecule has 0 fully saturated rings. The minimum Gasteiger partial charge on any atom is -0.497 e. The second-order valence-electron chi connectivity index (χ2n) is 7.08. The third-order valence-electron chi connectivity index (χ3n) is 4.72. The molecule has 1 heterocycles. The predicted octanol–water partition coefficient (Wildman–Crippen LogP) is 3.66. The number of rotatable bonds is 6. The second-order valence-corrected chi connectivity index (χ2v) is 10.2. The molecule has 0 aliphatic heterocycles. The molecule has 6 nitrogen and oxygen atoms in total. The Labute approximate surface area is 174 Å². The molecule has 1 aromatic heterocycles. The lowest BCUT2D eigenvalue weighted by molar-refractivity contribution is -0.117. The van der Waals surface area contributed by atoms with Crippen LogP contribution in [0.2, 0.25) is 0 Å². The van der Waals surface area contributed by atoms with Crippen molar-refractivity contribution in [1.29, 1.82) is 0 Å². The normalized spacial score (nSPS) is 12.7. The van der Waals surface area contributed by atoms with E-state index in [1.54, 1.807) is 12.1 Å². The zero-order valence-electron chi connectivity index (χ0n) is 16.9. The molecule has 0 N–H and O–H groups in total. The van der Waals surface area contributed by atoms with Gasteiger partial charge < -0.3 is 9.30 Å². The summed E-state index contributed by atoms with van der Waals surface area (Å²) in [4.78, 5) is 17.2. The van der Waals surface area contributed by atoms with E-state index in [9.17, 15) is 13.2 Å². The number of ether oxygens (including phenoxy) is 1. The molecule has 0 atom stereocenters. The van der Waals surface area contributed by atoms with Crippen molar-refractivity contribution >= 4 is 37.3 Å². The number of hydrogen-bond acceptors (Lipinski definition) is 5. The van der Waals surface area contributed by atoms with Crippen LogP contribution in [0.15, 0.2) is 52.4 Å². The van der Waals surface area contributed by atoms with E-state index < -0.39 is 15.7 Å². The number of fused-ring (bicyclic) bond motifs is 1. The summed E-state index contributed by atoms with van der Waals surface area (Å²) in [7, 11) is -0.192. The molecule has 0 aliphatic carbocycles. The number of carbonyl (C=O) groups is 1. The van der Waals surface area contributed by atoms with Crippen LogP contribution in [0.25, 0.3) is 10.2 Å². The van der Waals surface area contributed by atoms with Gasteiger partial charge in [-0.25, -0.2) is 8.42 Å². The Bertz CT molecular complexity index is 1200. The van der Waals surface area contributed by atoms with Gasteiger partial charge in [-0.2, -0.15) is 4.99 Å². The van der Waals surface area contributed by atoms with Gasteiger partial charge in [-0.1, -0.05) is 31.3 Å². The fraction of sp³-hybridized carbons (Fsp3) is 0.333. The summed E-state index contributed by atoms with van der Waals surface area (Å²) < 4.78 is 32.9. The highest BCUT2D eigenvalue weighted by Gasteiger charge is 2.17. The van der Waals surface area contributed by atoms with Crippen LogP contribution in [0.1, 0.15) is 31.7 Å². The van der Waals surface area contributed by atoms with Gasteiger partial charge in [0.05, 0.1) is 28.0 Å². The van der Waals surface area contributed by atoms with Gasteiger partial charge in [0.15, 0.2) is 14.6 Å². The molecule has 3 rings (SSSR count). The van der Waals surface area contributed by atoms with Crippen molar-refractivity contribution in [3.05, 3.63) is 52.8 Å². The first-order valence-corrected chi connectivity index (χ1v) is 11.7. The van der Waals surface area contributed by atoms with Crippen molar-refractivity contribution in [3.8, 4) is 5.75 Å². The lowest BCUT2D eigenvalue weighted by Crippen LogP contribution is -2.15. The fourth-order valence-corrected chi connectivity index (χ4v) is 5.22. The van der Waals surface area contributed by atoms with Gasteiger partial charge in [0.1, 0.15) is 5.75 Å². The highest BCUT2D eigenvalue weighted by Crippen LogP contribution is 2.23. The smallest absolute Gasteiger partial charge is 0.249 e. The van der Waals surface area contributed by atoms with Crippen LogP contribution in [0.4, 0.5) is 0 Å². The molecule has 0 aliphatic rings. The molecule has 3 aromatic rings. The van der Waals surface area contributed by atoms with Crippen LogP contribution < -0.4 is 9.54 Å². The third-order valence-corrected chi connectivity index (χ3v) is 7.55. The van der Waals surface area contributed by atoms with Gasteiger partial charge in [0.25, 0.3) is 0 Å². The van der Waals surface area contributed by atoms with Gasteiger partial charge in [-0.3, -0.25) is 4.79 Å². The van der Waals surface area contributed by atoms with E-state index in [-0.39, 0.29) is 17.1 Å². The highest BCUT2D eigenvalue weighted by molar-refractivity contribution is 7.91. The SMILES string of the molecule is COc1ccc(S(=O)(=O)CCC(=O)N=c2sc3cc(C(C)C)ccc3n2C)cc1. The molecule has 0 saturated heterocycles. The van der Waals surface area contributed by atoms with Gasteiger partial charge in [0, 0.05) is 13.5 Å². The first-order chi connectivity index (χ1) is 13.7. The van der Waals surface area contributed by atoms with E-state index in [1.165, 1.54) is 36.1 Å². The Morgan fingerprint density at radius 3 is 2.48 bits per heavy atom. The molecular weight excluding hydrogens is 408 g/mol. The van der Waals surface area contributed by atoms with Crippen molar-refractivity contribution in [2.45, 2.75) is 31.1 Å². The maximum atomic E-state index is 12.5. The fourth-order valence-electron chi connectivity index (χ4n) is 2.90. The number of carbonyl (C=O) groups excluding carboxylic acids is 1. The van der Waals surface area contributed by atoms with Gasteiger partial charge in [-0.05, 0) is 47.9 Å². The summed E-state index contributed by atoms with van der Waals surface area (Å²) in [6, 6.07) is 12.3. The zero-order chi connectivity index (χ0) is 21.2. The number of sulfone groups is 1. The molecule has 2 aromatic carbocycles. The van der Waals surface area contributed by atoms with Crippen molar-refractivity contribution < 1.29 is 17.9 Å². The van der Waals surface area contributed by atoms with E-state index in [0.717, 1.165) is 10.2 Å². The van der Waals surface area contributed by atoms with Crippen LogP contribution in [0.5, 0.6) is 5.75 Å². The molecule has 0 unspecified atom stereocenters. The summed E-state index contributed by atoms with van der Waals surface area (Å²) in [5.41, 5.74) is 2.22. The maximum absolute atomic E-state index is 12.5. The molecule has 0 radical (unpaired) electrons. The van der Waals surface area contributed by atoms with Crippen LogP contribution in [-0.2, 0) is 21.7 Å². The van der Waals surface area contributed by atoms with E-state index in [2.05, 4.69) is 31.0 Å². The minimum atomic E-state index is -3.56. The molecule has 1 amide bonds. The summed E-state index contributed by atoms with van der Waals surface area (Å²) in [5, 5.41) is 0. The van der Waals surface area contributed by atoms with Crippen LogP contribution in [-0.4, -0.2) is 31.8 Å². The monoisotopic (exact) mass is 432 g/mol. The first kappa shape index (κ1) is 21.3. The molecule has 0 saturated carbocycles. The lowest BCUT2D eigenvalue weighted by atomic mass is 10.0. The largest absolute Gasteiger partial charge is 0.497 e. The van der Waals surface area contributed by atoms with Crippen LogP contribution >= 0.6 is 11.3 Å². The summed E-state index contributed by atoms with van der Waals surface area (Å²) in [5.74, 6) is 0.256. The topological polar surface area (TPSA) is 77.7 Å². The minimum absolute atomic E-state index is 0.166. The van der Waals surface area contributed by atoms with Crippen molar-refractivity contribution in [2.75, 3.05) is 12.9 Å². The van der Waals surface area contributed by atoms with Crippen molar-refractivity contribution in [1.82, 2.24) is 4.57 Å². The summed E-state index contributed by atoms with van der Waals surface area (Å²) in [6.45, 7) is 4.26. The Morgan fingerprint density at radius 2 is 1.86 bits per heavy atom. The summed E-state index contributed by atoms with van der Waals surface area (Å²) >= 11 is 1.43. The van der Waals surface area contributed by atoms with E-state index >= 15 is 0 Å². The zero-order valence-corrected chi connectivity index (χ0v) is 18.5. The van der Waals surface area contributed by atoms with Gasteiger partial charge >= 0.3 is 0 Å². The average Bonchev–Trinajstić information content (AvgIpc) is 3.01. The molecule has 154 valence electrons. The lowest BCUT2D eigenvalue weighted by Gasteiger charge is -2.04. The second kappa shape index (κ2) is 8.51. The Morgan fingerprint density at radius 1 is 1.17 bits per heavy atom. The number of methoxy groups -OCH3 is 1. The Balaban J connectivity index is 1.78. The Hall–Kier alpha value is -2.45. The molecule has 0 bridgehead atoms. The van der Waals surface area contributed by atoms with Crippen molar-refractivity contribution in [2.24, 2.45) is 12.0 Å².